The van der Waals surface area contributed by atoms with E-state index in [2.05, 4.69) is 10.3 Å². The monoisotopic (exact) mass is 384 g/mol. The van der Waals surface area contributed by atoms with Crippen LogP contribution >= 0.6 is 11.3 Å². The molecule has 0 aliphatic heterocycles. The molecule has 0 aliphatic rings. The number of aryl methyl sites for hydroxylation is 1. The Kier molecular flexibility index (Phi) is 5.93. The smallest absolute Gasteiger partial charge is 0.310 e. The second kappa shape index (κ2) is 8.55. The molecule has 1 N–H and O–H groups in total. The van der Waals surface area contributed by atoms with E-state index < -0.39 is 24.3 Å². The molecule has 1 amide bonds. The van der Waals surface area contributed by atoms with E-state index in [1.807, 2.05) is 24.4 Å². The van der Waals surface area contributed by atoms with Crippen molar-refractivity contribution in [1.29, 1.82) is 0 Å². The van der Waals surface area contributed by atoms with Crippen molar-refractivity contribution in [2.24, 2.45) is 0 Å². The summed E-state index contributed by atoms with van der Waals surface area (Å²) < 4.78 is 18.4. The highest BCUT2D eigenvalue weighted by molar-refractivity contribution is 7.09. The van der Waals surface area contributed by atoms with Gasteiger partial charge in [-0.25, -0.2) is 9.37 Å². The number of nitrogens with zero attached hydrogens (tertiary/aromatic N) is 1. The normalized spacial score (nSPS) is 10.4. The van der Waals surface area contributed by atoms with Gasteiger partial charge in [-0.3, -0.25) is 9.59 Å². The van der Waals surface area contributed by atoms with E-state index in [1.54, 1.807) is 35.6 Å². The van der Waals surface area contributed by atoms with Crippen LogP contribution in [0.2, 0.25) is 0 Å². The molecule has 0 aliphatic carbocycles. The topological polar surface area (TPSA) is 68.3 Å². The fraction of sp³-hybridized carbons (Fsp3) is 0.150. The molecular formula is C20H17FN2O3S. The first kappa shape index (κ1) is 18.7. The number of carbonyl (C=O) groups is 2. The zero-order valence-corrected chi connectivity index (χ0v) is 15.4. The molecule has 0 spiro atoms. The average molecular weight is 384 g/mol. The van der Waals surface area contributed by atoms with E-state index in [4.69, 9.17) is 4.74 Å². The predicted octanol–water partition coefficient (Wildman–Crippen LogP) is 3.98. The second-order valence-corrected chi connectivity index (χ2v) is 6.87. The Morgan fingerprint density at radius 2 is 2.00 bits per heavy atom. The Hall–Kier alpha value is -3.06. The van der Waals surface area contributed by atoms with Gasteiger partial charge in [0.1, 0.15) is 5.82 Å². The van der Waals surface area contributed by atoms with Crippen LogP contribution in [0.25, 0.3) is 11.3 Å². The summed E-state index contributed by atoms with van der Waals surface area (Å²) in [7, 11) is 0. The van der Waals surface area contributed by atoms with Crippen molar-refractivity contribution in [1.82, 2.24) is 4.98 Å². The first-order valence-electron chi connectivity index (χ1n) is 8.23. The summed E-state index contributed by atoms with van der Waals surface area (Å²) in [5, 5.41) is 5.58. The molecular weight excluding hydrogens is 367 g/mol. The number of benzene rings is 2. The number of ether oxygens (including phenoxy) is 1. The minimum Gasteiger partial charge on any atom is -0.455 e. The number of halogens is 1. The van der Waals surface area contributed by atoms with Crippen LogP contribution in [0.1, 0.15) is 10.6 Å². The molecule has 138 valence electrons. The SMILES string of the molecule is Cc1nc(-c2cccc(NC(=O)COC(=O)Cc3ccccc3F)c2)cs1. The van der Waals surface area contributed by atoms with Crippen LogP contribution in [-0.4, -0.2) is 23.5 Å². The van der Waals surface area contributed by atoms with Gasteiger partial charge in [0.15, 0.2) is 6.61 Å². The molecule has 0 radical (unpaired) electrons. The maximum atomic E-state index is 13.5. The number of aromatic nitrogens is 1. The summed E-state index contributed by atoms with van der Waals surface area (Å²) >= 11 is 1.55. The van der Waals surface area contributed by atoms with E-state index in [0.29, 0.717) is 5.69 Å². The number of hydrogen-bond acceptors (Lipinski definition) is 5. The molecule has 0 fully saturated rings. The second-order valence-electron chi connectivity index (χ2n) is 5.81. The summed E-state index contributed by atoms with van der Waals surface area (Å²) in [6.45, 7) is 1.49. The van der Waals surface area contributed by atoms with E-state index >= 15 is 0 Å². The fourth-order valence-electron chi connectivity index (χ4n) is 2.44. The average Bonchev–Trinajstić information content (AvgIpc) is 3.09. The Bertz CT molecular complexity index is 971. The van der Waals surface area contributed by atoms with Gasteiger partial charge in [-0.15, -0.1) is 11.3 Å². The minimum atomic E-state index is -0.665. The van der Waals surface area contributed by atoms with Crippen molar-refractivity contribution in [3.63, 3.8) is 0 Å². The zero-order chi connectivity index (χ0) is 19.2. The fourth-order valence-corrected chi connectivity index (χ4v) is 3.07. The van der Waals surface area contributed by atoms with Crippen LogP contribution in [-0.2, 0) is 20.7 Å². The summed E-state index contributed by atoms with van der Waals surface area (Å²) in [6.07, 6.45) is -0.224. The number of esters is 1. The van der Waals surface area contributed by atoms with Crippen molar-refractivity contribution in [2.45, 2.75) is 13.3 Å². The highest BCUT2D eigenvalue weighted by Gasteiger charge is 2.12. The third-order valence-corrected chi connectivity index (χ3v) is 4.49. The van der Waals surface area contributed by atoms with Crippen molar-refractivity contribution < 1.29 is 18.7 Å². The molecule has 7 heteroatoms. The number of thiazole rings is 1. The highest BCUT2D eigenvalue weighted by Crippen LogP contribution is 2.24. The molecule has 0 saturated heterocycles. The Morgan fingerprint density at radius 1 is 1.19 bits per heavy atom. The van der Waals surface area contributed by atoms with Crippen LogP contribution < -0.4 is 5.32 Å². The Morgan fingerprint density at radius 3 is 2.74 bits per heavy atom. The van der Waals surface area contributed by atoms with Crippen LogP contribution in [0.5, 0.6) is 0 Å². The maximum Gasteiger partial charge on any atom is 0.310 e. The van der Waals surface area contributed by atoms with E-state index in [9.17, 15) is 14.0 Å². The molecule has 5 nitrogen and oxygen atoms in total. The zero-order valence-electron chi connectivity index (χ0n) is 14.6. The van der Waals surface area contributed by atoms with Gasteiger partial charge in [0.05, 0.1) is 17.1 Å². The standard InChI is InChI=1S/C20H17FN2O3S/c1-13-22-18(12-27-13)15-6-4-7-16(9-15)23-19(24)11-26-20(25)10-14-5-2-3-8-17(14)21/h2-9,12H,10-11H2,1H3,(H,23,24). The maximum absolute atomic E-state index is 13.5. The third kappa shape index (κ3) is 5.21. The first-order valence-corrected chi connectivity index (χ1v) is 9.10. The molecule has 0 saturated carbocycles. The van der Waals surface area contributed by atoms with Gasteiger partial charge in [0.25, 0.3) is 5.91 Å². The molecule has 27 heavy (non-hydrogen) atoms. The van der Waals surface area contributed by atoms with Crippen molar-refractivity contribution in [2.75, 3.05) is 11.9 Å². The number of nitrogens with one attached hydrogen (secondary N) is 1. The van der Waals surface area contributed by atoms with E-state index in [-0.39, 0.29) is 12.0 Å². The molecule has 0 bridgehead atoms. The lowest BCUT2D eigenvalue weighted by Gasteiger charge is -2.08. The van der Waals surface area contributed by atoms with Gasteiger partial charge in [-0.1, -0.05) is 30.3 Å². The Balaban J connectivity index is 1.53. The van der Waals surface area contributed by atoms with E-state index in [0.717, 1.165) is 16.3 Å². The van der Waals surface area contributed by atoms with Gasteiger partial charge in [0, 0.05) is 16.6 Å². The minimum absolute atomic E-state index is 0.224. The number of rotatable bonds is 6. The predicted molar refractivity (Wildman–Crippen MR) is 102 cm³/mol. The van der Waals surface area contributed by atoms with Gasteiger partial charge in [-0.2, -0.15) is 0 Å². The first-order chi connectivity index (χ1) is 13.0. The van der Waals surface area contributed by atoms with Crippen LogP contribution in [0.4, 0.5) is 10.1 Å². The largest absolute Gasteiger partial charge is 0.455 e. The lowest BCUT2D eigenvalue weighted by Crippen LogP contribution is -2.21. The van der Waals surface area contributed by atoms with E-state index in [1.165, 1.54) is 12.1 Å². The van der Waals surface area contributed by atoms with Gasteiger partial charge in [0.2, 0.25) is 0 Å². The van der Waals surface area contributed by atoms with Crippen LogP contribution in [0, 0.1) is 12.7 Å². The molecule has 3 aromatic rings. The quantitative estimate of drug-likeness (QED) is 0.653. The van der Waals surface area contributed by atoms with Crippen LogP contribution in [0.3, 0.4) is 0 Å². The van der Waals surface area contributed by atoms with Gasteiger partial charge >= 0.3 is 5.97 Å². The van der Waals surface area contributed by atoms with Crippen molar-refractivity contribution in [3.8, 4) is 11.3 Å². The molecule has 1 aromatic heterocycles. The molecule has 0 atom stereocenters. The van der Waals surface area contributed by atoms with Crippen molar-refractivity contribution >= 4 is 28.9 Å². The number of carbonyl (C=O) groups excluding carboxylic acids is 2. The van der Waals surface area contributed by atoms with Crippen LogP contribution in [0.15, 0.2) is 53.9 Å². The molecule has 3 rings (SSSR count). The lowest BCUT2D eigenvalue weighted by atomic mass is 10.1. The molecule has 2 aromatic carbocycles. The third-order valence-electron chi connectivity index (χ3n) is 3.72. The van der Waals surface area contributed by atoms with Gasteiger partial charge in [-0.05, 0) is 30.7 Å². The summed E-state index contributed by atoms with van der Waals surface area (Å²) in [4.78, 5) is 28.2. The van der Waals surface area contributed by atoms with Crippen molar-refractivity contribution in [3.05, 3.63) is 70.3 Å². The number of anilines is 1. The van der Waals surface area contributed by atoms with Gasteiger partial charge < -0.3 is 10.1 Å². The number of amides is 1. The number of hydrogen-bond donors (Lipinski definition) is 1. The lowest BCUT2D eigenvalue weighted by molar-refractivity contribution is -0.146. The molecule has 0 unspecified atom stereocenters. The highest BCUT2D eigenvalue weighted by atomic mass is 32.1. The Labute approximate surface area is 159 Å². The summed E-state index contributed by atoms with van der Waals surface area (Å²) in [5.41, 5.74) is 2.53. The summed E-state index contributed by atoms with van der Waals surface area (Å²) in [5.74, 6) is -1.61. The molecule has 1 heterocycles. The summed E-state index contributed by atoms with van der Waals surface area (Å²) in [6, 6.07) is 13.2.